The van der Waals surface area contributed by atoms with Crippen LogP contribution in [0.4, 0.5) is 4.39 Å². The van der Waals surface area contributed by atoms with E-state index in [0.717, 1.165) is 44.4 Å². The van der Waals surface area contributed by atoms with Crippen LogP contribution in [0.3, 0.4) is 0 Å². The summed E-state index contributed by atoms with van der Waals surface area (Å²) < 4.78 is 26.1. The van der Waals surface area contributed by atoms with Crippen LogP contribution in [0.5, 0.6) is 0 Å². The molecule has 0 atom stereocenters. The average molecular weight is 867 g/mol. The van der Waals surface area contributed by atoms with Crippen molar-refractivity contribution < 1.29 is 4.39 Å². The largest absolute Gasteiger partial charge is 0.309 e. The van der Waals surface area contributed by atoms with Crippen LogP contribution in [0.1, 0.15) is 0 Å². The zero-order chi connectivity index (χ0) is 42.8. The Kier molecular flexibility index (Phi) is 7.94. The van der Waals surface area contributed by atoms with Crippen LogP contribution >= 0.6 is 22.7 Å². The molecule has 0 saturated carbocycles. The summed E-state index contributed by atoms with van der Waals surface area (Å²) in [7, 11) is 0. The Balaban J connectivity index is 0.889. The van der Waals surface area contributed by atoms with Gasteiger partial charge in [-0.3, -0.25) is 0 Å². The normalized spacial score (nSPS) is 12.1. The second-order valence-corrected chi connectivity index (χ2v) is 19.0. The first-order chi connectivity index (χ1) is 32.1. The predicted molar refractivity (Wildman–Crippen MR) is 277 cm³/mol. The van der Waals surface area contributed by atoms with Gasteiger partial charge in [-0.1, -0.05) is 133 Å². The number of rotatable bonds is 5. The monoisotopic (exact) mass is 866 g/mol. The van der Waals surface area contributed by atoms with E-state index in [4.69, 9.17) is 0 Å². The van der Waals surface area contributed by atoms with Crippen LogP contribution in [-0.2, 0) is 0 Å². The summed E-state index contributed by atoms with van der Waals surface area (Å²) in [5, 5.41) is 9.88. The van der Waals surface area contributed by atoms with Crippen LogP contribution in [0.2, 0.25) is 0 Å². The molecule has 0 N–H and O–H groups in total. The summed E-state index contributed by atoms with van der Waals surface area (Å²) in [6.07, 6.45) is 0. The van der Waals surface area contributed by atoms with Gasteiger partial charge in [-0.05, 0) is 107 Å². The molecule has 2 nitrogen and oxygen atoms in total. The van der Waals surface area contributed by atoms with Crippen molar-refractivity contribution in [1.82, 2.24) is 9.13 Å². The van der Waals surface area contributed by atoms with Crippen molar-refractivity contribution in [2.45, 2.75) is 0 Å². The van der Waals surface area contributed by atoms with E-state index in [2.05, 4.69) is 191 Å². The molecule has 0 bridgehead atoms. The quantitative estimate of drug-likeness (QED) is 0.163. The van der Waals surface area contributed by atoms with E-state index in [1.807, 2.05) is 46.9 Å². The Morgan fingerprint density at radius 2 is 0.738 bits per heavy atom. The Bertz CT molecular complexity index is 4280. The van der Waals surface area contributed by atoms with E-state index in [9.17, 15) is 0 Å². The smallest absolute Gasteiger partial charge is 0.131 e. The maximum absolute atomic E-state index is 16.3. The fourth-order valence-electron chi connectivity index (χ4n) is 10.5. The van der Waals surface area contributed by atoms with Gasteiger partial charge in [0.2, 0.25) is 0 Å². The maximum atomic E-state index is 16.3. The third-order valence-electron chi connectivity index (χ3n) is 13.4. The maximum Gasteiger partial charge on any atom is 0.131 e. The number of nitrogens with zero attached hydrogens (tertiary/aromatic N) is 2. The Hall–Kier alpha value is -7.83. The summed E-state index contributed by atoms with van der Waals surface area (Å²) in [5.41, 5.74) is 12.5. The van der Waals surface area contributed by atoms with Crippen molar-refractivity contribution in [1.29, 1.82) is 0 Å². The number of para-hydroxylation sites is 2. The van der Waals surface area contributed by atoms with E-state index in [1.165, 1.54) is 78.8 Å². The topological polar surface area (TPSA) is 9.86 Å². The van der Waals surface area contributed by atoms with Crippen molar-refractivity contribution in [2.75, 3.05) is 0 Å². The molecule has 0 spiro atoms. The van der Waals surface area contributed by atoms with E-state index in [1.54, 1.807) is 6.07 Å². The minimum absolute atomic E-state index is 0.257. The molecule has 0 fully saturated rings. The SMILES string of the molecule is Fc1ccc(-n2c3ccccc3c3cc(-c4cccc5c4sc4ccccc45)ccc32)cc1-c1cccc(-n2c3ccccc3c3cc(-c4cccc5c4sc4ccccc45)ccc32)c1. The molecule has 0 aliphatic heterocycles. The summed E-state index contributed by atoms with van der Waals surface area (Å²) in [4.78, 5) is 0. The molecule has 4 aromatic heterocycles. The van der Waals surface area contributed by atoms with Gasteiger partial charge in [0.05, 0.1) is 22.1 Å². The highest BCUT2D eigenvalue weighted by molar-refractivity contribution is 7.26. The fourth-order valence-corrected chi connectivity index (χ4v) is 12.9. The molecule has 0 aliphatic carbocycles. The molecule has 4 heterocycles. The second kappa shape index (κ2) is 14.1. The van der Waals surface area contributed by atoms with Gasteiger partial charge < -0.3 is 9.13 Å². The number of fused-ring (bicyclic) bond motifs is 12. The summed E-state index contributed by atoms with van der Waals surface area (Å²) in [5.74, 6) is -0.257. The van der Waals surface area contributed by atoms with Crippen molar-refractivity contribution >= 4 is 107 Å². The molecule has 0 unspecified atom stereocenters. The van der Waals surface area contributed by atoms with Crippen LogP contribution in [0.15, 0.2) is 212 Å². The molecule has 0 radical (unpaired) electrons. The minimum Gasteiger partial charge on any atom is -0.309 e. The van der Waals surface area contributed by atoms with Gasteiger partial charge >= 0.3 is 0 Å². The first-order valence-corrected chi connectivity index (χ1v) is 23.6. The third kappa shape index (κ3) is 5.50. The molecule has 0 saturated heterocycles. The standard InChI is InChI=1S/C60H35FN2S2/c61-52-29-28-40(63-54-23-6-2-15-44(54)51-34-38(27-31-56(51)63)42-19-11-21-48-46-17-4-8-25-58(46)65-60(42)48)35-49(52)36-12-9-13-39(32-36)62-53-22-5-1-14-43(53)50-33-37(26-30-55(50)62)41-18-10-20-47-45-16-3-7-24-57(45)64-59(41)47/h1-35H. The van der Waals surface area contributed by atoms with E-state index < -0.39 is 0 Å². The third-order valence-corrected chi connectivity index (χ3v) is 15.8. The molecular weight excluding hydrogens is 832 g/mol. The van der Waals surface area contributed by atoms with Gasteiger partial charge in [-0.2, -0.15) is 0 Å². The molecule has 0 aliphatic rings. The molecule has 14 aromatic rings. The summed E-state index contributed by atoms with van der Waals surface area (Å²) >= 11 is 3.71. The van der Waals surface area contributed by atoms with Gasteiger partial charge in [0.25, 0.3) is 0 Å². The number of thiophene rings is 2. The Morgan fingerprint density at radius 3 is 1.31 bits per heavy atom. The van der Waals surface area contributed by atoms with Crippen LogP contribution in [-0.4, -0.2) is 9.13 Å². The van der Waals surface area contributed by atoms with Gasteiger partial charge in [-0.15, -0.1) is 22.7 Å². The minimum atomic E-state index is -0.257. The highest BCUT2D eigenvalue weighted by atomic mass is 32.1. The zero-order valence-electron chi connectivity index (χ0n) is 34.8. The van der Waals surface area contributed by atoms with Crippen molar-refractivity contribution in [3.63, 3.8) is 0 Å². The van der Waals surface area contributed by atoms with Crippen LogP contribution < -0.4 is 0 Å². The highest BCUT2D eigenvalue weighted by Gasteiger charge is 2.19. The van der Waals surface area contributed by atoms with Crippen LogP contribution in [0.25, 0.3) is 129 Å². The number of hydrogen-bond donors (Lipinski definition) is 0. The highest BCUT2D eigenvalue weighted by Crippen LogP contribution is 2.44. The Labute approximate surface area is 380 Å². The second-order valence-electron chi connectivity index (χ2n) is 16.9. The van der Waals surface area contributed by atoms with Gasteiger partial charge in [0, 0.05) is 78.8 Å². The first-order valence-electron chi connectivity index (χ1n) is 21.9. The lowest BCUT2D eigenvalue weighted by atomic mass is 10.0. The molecule has 14 rings (SSSR count). The summed E-state index contributed by atoms with van der Waals surface area (Å²) in [6.45, 7) is 0. The average Bonchev–Trinajstić information content (AvgIpc) is 4.12. The van der Waals surface area contributed by atoms with E-state index in [-0.39, 0.29) is 5.82 Å². The summed E-state index contributed by atoms with van der Waals surface area (Å²) in [6, 6.07) is 75.4. The number of aromatic nitrogens is 2. The van der Waals surface area contributed by atoms with Crippen molar-refractivity contribution in [3.05, 3.63) is 218 Å². The zero-order valence-corrected chi connectivity index (χ0v) is 36.4. The van der Waals surface area contributed by atoms with Gasteiger partial charge in [0.15, 0.2) is 0 Å². The molecule has 65 heavy (non-hydrogen) atoms. The molecule has 5 heteroatoms. The van der Waals surface area contributed by atoms with Crippen LogP contribution in [0, 0.1) is 5.82 Å². The fraction of sp³-hybridized carbons (Fsp3) is 0. The lowest BCUT2D eigenvalue weighted by Gasteiger charge is -2.14. The van der Waals surface area contributed by atoms with E-state index in [0.29, 0.717) is 5.56 Å². The van der Waals surface area contributed by atoms with Crippen molar-refractivity contribution in [3.8, 4) is 44.8 Å². The Morgan fingerprint density at radius 1 is 0.292 bits per heavy atom. The lowest BCUT2D eigenvalue weighted by molar-refractivity contribution is 0.631. The molecular formula is C60H35FN2S2. The number of hydrogen-bond acceptors (Lipinski definition) is 2. The first kappa shape index (κ1) is 36.6. The van der Waals surface area contributed by atoms with E-state index >= 15 is 4.39 Å². The molecule has 0 amide bonds. The lowest BCUT2D eigenvalue weighted by Crippen LogP contribution is -1.97. The molecule has 304 valence electrons. The van der Waals surface area contributed by atoms with Crippen molar-refractivity contribution in [2.24, 2.45) is 0 Å². The predicted octanol–water partition coefficient (Wildman–Crippen LogP) is 17.8. The number of halogens is 1. The number of benzene rings is 10. The van der Waals surface area contributed by atoms with Gasteiger partial charge in [0.1, 0.15) is 5.82 Å². The molecule has 10 aromatic carbocycles. The van der Waals surface area contributed by atoms with Gasteiger partial charge in [-0.25, -0.2) is 4.39 Å².